The van der Waals surface area contributed by atoms with Crippen LogP contribution in [0.1, 0.15) is 0 Å². The van der Waals surface area contributed by atoms with Gasteiger partial charge in [0.15, 0.2) is 0 Å². The summed E-state index contributed by atoms with van der Waals surface area (Å²) in [4.78, 5) is 5.04. The number of benzene rings is 5. The Balaban J connectivity index is 1.56. The average Bonchev–Trinajstić information content (AvgIpc) is 3.43. The molecule has 0 spiro atoms. The van der Waals surface area contributed by atoms with Crippen LogP contribution in [0.15, 0.2) is 121 Å². The number of hydrogen-bond donors (Lipinski definition) is 0. The Morgan fingerprint density at radius 3 is 1.54 bits per heavy atom. The van der Waals surface area contributed by atoms with Gasteiger partial charge in [-0.3, -0.25) is 4.57 Å². The fraction of sp³-hybridized carbons (Fsp3) is 0.0312. The van der Waals surface area contributed by atoms with Crippen molar-refractivity contribution in [2.45, 2.75) is 0 Å². The van der Waals surface area contributed by atoms with Gasteiger partial charge in [-0.05, 0) is 58.7 Å². The van der Waals surface area contributed by atoms with Gasteiger partial charge >= 0.3 is 0 Å². The molecule has 0 atom stereocenters. The number of aryl methyl sites for hydroxylation is 1. The van der Waals surface area contributed by atoms with E-state index in [-0.39, 0.29) is 0 Å². The highest BCUT2D eigenvalue weighted by Gasteiger charge is 2.18. The Morgan fingerprint density at radius 2 is 1.00 bits per heavy atom. The van der Waals surface area contributed by atoms with E-state index < -0.39 is 0 Å². The lowest BCUT2D eigenvalue weighted by Crippen LogP contribution is -2.02. The molecule has 35 heavy (non-hydrogen) atoms. The van der Waals surface area contributed by atoms with Gasteiger partial charge in [0.2, 0.25) is 5.95 Å². The number of nitrogens with zero attached hydrogens (tertiary/aromatic N) is 3. The van der Waals surface area contributed by atoms with Crippen LogP contribution in [-0.2, 0) is 7.05 Å². The zero-order chi connectivity index (χ0) is 23.4. The third kappa shape index (κ3) is 3.09. The van der Waals surface area contributed by atoms with Crippen molar-refractivity contribution in [3.05, 3.63) is 121 Å². The quantitative estimate of drug-likeness (QED) is 0.268. The molecule has 7 rings (SSSR count). The third-order valence-electron chi connectivity index (χ3n) is 6.94. The molecule has 0 unspecified atom stereocenters. The van der Waals surface area contributed by atoms with Gasteiger partial charge in [0.1, 0.15) is 0 Å². The molecule has 0 fully saturated rings. The van der Waals surface area contributed by atoms with Crippen molar-refractivity contribution < 1.29 is 0 Å². The Bertz CT molecular complexity index is 1740. The van der Waals surface area contributed by atoms with Gasteiger partial charge in [0.05, 0.1) is 22.1 Å². The van der Waals surface area contributed by atoms with Crippen LogP contribution in [0.2, 0.25) is 0 Å². The van der Waals surface area contributed by atoms with Gasteiger partial charge in [0.25, 0.3) is 0 Å². The summed E-state index contributed by atoms with van der Waals surface area (Å²) in [6, 6.07) is 43.0. The number of para-hydroxylation sites is 2. The van der Waals surface area contributed by atoms with E-state index in [4.69, 9.17) is 4.98 Å². The fourth-order valence-electron chi connectivity index (χ4n) is 5.19. The van der Waals surface area contributed by atoms with Crippen molar-refractivity contribution in [3.63, 3.8) is 0 Å². The van der Waals surface area contributed by atoms with Gasteiger partial charge in [-0.1, -0.05) is 84.9 Å². The summed E-state index contributed by atoms with van der Waals surface area (Å²) in [6.45, 7) is 0. The van der Waals surface area contributed by atoms with E-state index >= 15 is 0 Å². The molecule has 3 nitrogen and oxygen atoms in total. The molecule has 0 aliphatic rings. The Hall–Kier alpha value is -4.63. The van der Waals surface area contributed by atoms with E-state index in [1.54, 1.807) is 0 Å². The van der Waals surface area contributed by atoms with Crippen LogP contribution < -0.4 is 0 Å². The second-order valence-electron chi connectivity index (χ2n) is 8.99. The zero-order valence-electron chi connectivity index (χ0n) is 19.4. The molecular formula is C32H23N3. The summed E-state index contributed by atoms with van der Waals surface area (Å²) >= 11 is 0. The minimum Gasteiger partial charge on any atom is -0.313 e. The van der Waals surface area contributed by atoms with E-state index in [0.717, 1.165) is 28.0 Å². The molecule has 166 valence electrons. The minimum absolute atomic E-state index is 0.922. The second kappa shape index (κ2) is 7.71. The van der Waals surface area contributed by atoms with Crippen LogP contribution >= 0.6 is 0 Å². The summed E-state index contributed by atoms with van der Waals surface area (Å²) < 4.78 is 4.48. The largest absolute Gasteiger partial charge is 0.313 e. The van der Waals surface area contributed by atoms with Crippen molar-refractivity contribution >= 4 is 32.8 Å². The Morgan fingerprint density at radius 1 is 0.486 bits per heavy atom. The molecule has 0 amide bonds. The van der Waals surface area contributed by atoms with Gasteiger partial charge in [-0.15, -0.1) is 0 Å². The highest BCUT2D eigenvalue weighted by molar-refractivity contribution is 6.11. The molecule has 2 heterocycles. The van der Waals surface area contributed by atoms with Gasteiger partial charge in [-0.2, -0.15) is 0 Å². The highest BCUT2D eigenvalue weighted by Crippen LogP contribution is 2.37. The Kier molecular flexibility index (Phi) is 4.36. The van der Waals surface area contributed by atoms with Gasteiger partial charge in [0, 0.05) is 17.8 Å². The van der Waals surface area contributed by atoms with Crippen LogP contribution in [0.3, 0.4) is 0 Å². The smallest absolute Gasteiger partial charge is 0.215 e. The fourth-order valence-corrected chi connectivity index (χ4v) is 5.19. The van der Waals surface area contributed by atoms with E-state index in [1.807, 2.05) is 6.07 Å². The number of rotatable bonds is 3. The number of aromatic nitrogens is 3. The lowest BCUT2D eigenvalue weighted by molar-refractivity contribution is 0.870. The summed E-state index contributed by atoms with van der Waals surface area (Å²) in [6.07, 6.45) is 0. The summed E-state index contributed by atoms with van der Waals surface area (Å²) in [5, 5.41) is 2.46. The van der Waals surface area contributed by atoms with Crippen molar-refractivity contribution in [3.8, 4) is 28.2 Å². The molecule has 3 heteroatoms. The van der Waals surface area contributed by atoms with Crippen LogP contribution in [-0.4, -0.2) is 14.1 Å². The lowest BCUT2D eigenvalue weighted by Gasteiger charge is -2.08. The first-order valence-corrected chi connectivity index (χ1v) is 11.9. The molecule has 0 bridgehead atoms. The molecule has 0 saturated heterocycles. The second-order valence-corrected chi connectivity index (χ2v) is 8.99. The molecule has 7 aromatic rings. The van der Waals surface area contributed by atoms with Crippen LogP contribution in [0.25, 0.3) is 61.0 Å². The summed E-state index contributed by atoms with van der Waals surface area (Å²) in [7, 11) is 2.10. The molecule has 0 aliphatic heterocycles. The first kappa shape index (κ1) is 19.8. The first-order valence-electron chi connectivity index (χ1n) is 11.9. The van der Waals surface area contributed by atoms with E-state index in [1.165, 1.54) is 33.0 Å². The van der Waals surface area contributed by atoms with Crippen LogP contribution in [0.5, 0.6) is 0 Å². The monoisotopic (exact) mass is 449 g/mol. The predicted molar refractivity (Wildman–Crippen MR) is 146 cm³/mol. The summed E-state index contributed by atoms with van der Waals surface area (Å²) in [5.74, 6) is 0.922. The van der Waals surface area contributed by atoms with E-state index in [0.29, 0.717) is 0 Å². The molecule has 5 aromatic carbocycles. The average molecular weight is 450 g/mol. The maximum Gasteiger partial charge on any atom is 0.215 e. The van der Waals surface area contributed by atoms with Gasteiger partial charge in [-0.25, -0.2) is 4.98 Å². The maximum atomic E-state index is 5.04. The molecule has 0 saturated carbocycles. The van der Waals surface area contributed by atoms with Crippen LogP contribution in [0.4, 0.5) is 0 Å². The number of imidazole rings is 1. The predicted octanol–water partition coefficient (Wildman–Crippen LogP) is 8.00. The topological polar surface area (TPSA) is 22.8 Å². The molecular weight excluding hydrogens is 426 g/mol. The Labute approximate surface area is 203 Å². The maximum absolute atomic E-state index is 5.04. The molecule has 0 radical (unpaired) electrons. The van der Waals surface area contributed by atoms with Crippen molar-refractivity contribution in [2.75, 3.05) is 0 Å². The van der Waals surface area contributed by atoms with Crippen molar-refractivity contribution in [1.29, 1.82) is 0 Å². The SMILES string of the molecule is Cn1c(-n2c3ccc(-c4ccccc4)cc3c3cc(-c4ccccc4)ccc32)nc2ccccc21. The minimum atomic E-state index is 0.922. The van der Waals surface area contributed by atoms with Crippen LogP contribution in [0, 0.1) is 0 Å². The van der Waals surface area contributed by atoms with E-state index in [2.05, 4.69) is 131 Å². The lowest BCUT2D eigenvalue weighted by atomic mass is 10.0. The molecule has 0 N–H and O–H groups in total. The highest BCUT2D eigenvalue weighted by atomic mass is 15.2. The number of hydrogen-bond acceptors (Lipinski definition) is 1. The zero-order valence-corrected chi connectivity index (χ0v) is 19.4. The standard InChI is InChI=1S/C32H23N3/c1-34-31-15-9-8-14-28(31)33-32(34)35-29-18-16-24(22-10-4-2-5-11-22)20-26(29)27-21-25(17-19-30(27)35)23-12-6-3-7-13-23/h2-21H,1H3. The summed E-state index contributed by atoms with van der Waals surface area (Å²) in [5.41, 5.74) is 9.31. The van der Waals surface area contributed by atoms with E-state index in [9.17, 15) is 0 Å². The molecule has 2 aromatic heterocycles. The first-order chi connectivity index (χ1) is 17.3. The van der Waals surface area contributed by atoms with Crippen molar-refractivity contribution in [2.24, 2.45) is 7.05 Å². The normalized spacial score (nSPS) is 11.6. The third-order valence-corrected chi connectivity index (χ3v) is 6.94. The van der Waals surface area contributed by atoms with Crippen molar-refractivity contribution in [1.82, 2.24) is 14.1 Å². The molecule has 0 aliphatic carbocycles. The van der Waals surface area contributed by atoms with Gasteiger partial charge < -0.3 is 4.57 Å². The number of fused-ring (bicyclic) bond motifs is 4.